The molecule has 0 aliphatic carbocycles. The third-order valence-electron chi connectivity index (χ3n) is 8.69. The molecule has 2 rings (SSSR count). The minimum Gasteiger partial charge on any atom is -0.508 e. The number of amides is 4. The molecule has 0 saturated heterocycles. The molecule has 12 N–H and O–H groups in total. The van der Waals surface area contributed by atoms with Gasteiger partial charge in [-0.15, -0.1) is 0 Å². The molecule has 15 heteroatoms. The number of carbonyl (C=O) groups excluding carboxylic acids is 5. The van der Waals surface area contributed by atoms with E-state index in [9.17, 15) is 39.0 Å². The van der Waals surface area contributed by atoms with Gasteiger partial charge in [0, 0.05) is 6.42 Å². The van der Waals surface area contributed by atoms with Crippen LogP contribution in [0.2, 0.25) is 0 Å². The van der Waals surface area contributed by atoms with Gasteiger partial charge in [-0.2, -0.15) is 0 Å². The fraction of sp³-hybridized carbons (Fsp3) is 0.611. The number of unbranched alkanes of at least 4 members (excludes halogenated alkanes) is 2. The number of hydrogen-bond donors (Lipinski definition) is 9. The molecule has 0 aromatic heterocycles. The quantitative estimate of drug-likeness (QED) is 0.0747. The summed E-state index contributed by atoms with van der Waals surface area (Å²) in [5.74, 6) is -5.04. The van der Waals surface area contributed by atoms with Crippen LogP contribution in [-0.2, 0) is 35.2 Å². The van der Waals surface area contributed by atoms with E-state index in [0.717, 1.165) is 0 Å². The normalized spacial score (nSPS) is 21.5. The third-order valence-corrected chi connectivity index (χ3v) is 8.69. The topological polar surface area (TPSA) is 269 Å². The predicted octanol–water partition coefficient (Wildman–Crippen LogP) is 0.515. The molecular formula is C36H57N7O8. The number of phenolic OH excluding ortho intramolecular Hbond substituents is 1. The lowest BCUT2D eigenvalue weighted by molar-refractivity contribution is -0.144. The van der Waals surface area contributed by atoms with Gasteiger partial charge in [-0.1, -0.05) is 38.1 Å². The van der Waals surface area contributed by atoms with Crippen LogP contribution in [0.15, 0.2) is 36.4 Å². The second-order valence-electron chi connectivity index (χ2n) is 13.6. The maximum atomic E-state index is 13.9. The summed E-state index contributed by atoms with van der Waals surface area (Å²) in [4.78, 5) is 79.7. The van der Waals surface area contributed by atoms with E-state index in [-0.39, 0.29) is 56.6 Å². The number of phenols is 1. The van der Waals surface area contributed by atoms with Crippen LogP contribution in [0, 0.1) is 11.8 Å². The Hall–Kier alpha value is -4.34. The number of aromatic hydroxyl groups is 1. The summed E-state index contributed by atoms with van der Waals surface area (Å²) in [7, 11) is 0. The van der Waals surface area contributed by atoms with Crippen molar-refractivity contribution in [2.24, 2.45) is 29.0 Å². The van der Waals surface area contributed by atoms with Crippen molar-refractivity contribution in [1.82, 2.24) is 21.3 Å². The van der Waals surface area contributed by atoms with Crippen LogP contribution < -0.4 is 38.5 Å². The molecule has 1 aliphatic rings. The van der Waals surface area contributed by atoms with Crippen molar-refractivity contribution in [3.63, 3.8) is 0 Å². The van der Waals surface area contributed by atoms with Gasteiger partial charge >= 0.3 is 5.97 Å². The SMILES string of the molecule is CC(C)C[C@H](CC(=O)[C@H](Cc1ccc(O)cc1)NC(=O)[C@@H]1CC=CC[C@H](N)C(=O)N[C@H](CCCCN)C(=O)N[C@@H](CCCCN)C(=O)N1)C(=O)O. The fourth-order valence-electron chi connectivity index (χ4n) is 5.77. The van der Waals surface area contributed by atoms with Crippen LogP contribution in [0.3, 0.4) is 0 Å². The maximum Gasteiger partial charge on any atom is 0.306 e. The van der Waals surface area contributed by atoms with Crippen LogP contribution in [0.4, 0.5) is 0 Å². The van der Waals surface area contributed by atoms with Gasteiger partial charge in [-0.3, -0.25) is 28.8 Å². The maximum absolute atomic E-state index is 13.9. The molecule has 15 nitrogen and oxygen atoms in total. The number of hydrogen-bond acceptors (Lipinski definition) is 10. The standard InChI is InChI=1S/C36H57N7O8/c1-22(2)19-24(36(50)51)21-31(45)30(20-23-13-15-25(44)16-14-23)43-35(49)28-10-4-3-9-26(39)32(46)40-27(11-5-7-17-37)33(47)42-29(34(48)41-28)12-6-8-18-38/h3-4,13-16,22,24,26-30,44H,5-12,17-21,37-39H2,1-2H3,(H,40,46)(H,41,48)(H,42,47)(H,43,49)(H,50,51)/t24-,26+,27-,28+,29+,30+/m1/s1. The molecule has 51 heavy (non-hydrogen) atoms. The lowest BCUT2D eigenvalue weighted by atomic mass is 9.89. The Labute approximate surface area is 299 Å². The molecule has 0 saturated carbocycles. The van der Waals surface area contributed by atoms with Gasteiger partial charge in [0.05, 0.1) is 18.0 Å². The first-order valence-corrected chi connectivity index (χ1v) is 17.8. The molecular weight excluding hydrogens is 658 g/mol. The van der Waals surface area contributed by atoms with Gasteiger partial charge in [0.1, 0.15) is 23.9 Å². The van der Waals surface area contributed by atoms with E-state index in [1.54, 1.807) is 24.3 Å². The Morgan fingerprint density at radius 2 is 1.39 bits per heavy atom. The molecule has 0 spiro atoms. The van der Waals surface area contributed by atoms with E-state index in [0.29, 0.717) is 44.3 Å². The fourth-order valence-corrected chi connectivity index (χ4v) is 5.77. The van der Waals surface area contributed by atoms with E-state index in [2.05, 4.69) is 21.3 Å². The highest BCUT2D eigenvalue weighted by Crippen LogP contribution is 2.19. The first-order valence-electron chi connectivity index (χ1n) is 17.8. The summed E-state index contributed by atoms with van der Waals surface area (Å²) in [5.41, 5.74) is 18.0. The number of carbonyl (C=O) groups is 6. The molecule has 6 atom stereocenters. The molecule has 4 amide bonds. The summed E-state index contributed by atoms with van der Waals surface area (Å²) < 4.78 is 0. The molecule has 0 unspecified atom stereocenters. The number of carboxylic acid groups (broad SMARTS) is 1. The average molecular weight is 716 g/mol. The van der Waals surface area contributed by atoms with Gasteiger partial charge < -0.3 is 48.7 Å². The molecule has 1 heterocycles. The number of ketones is 1. The summed E-state index contributed by atoms with van der Waals surface area (Å²) >= 11 is 0. The van der Waals surface area contributed by atoms with E-state index in [1.807, 2.05) is 13.8 Å². The van der Waals surface area contributed by atoms with Crippen molar-refractivity contribution < 1.29 is 39.0 Å². The third kappa shape index (κ3) is 15.6. The highest BCUT2D eigenvalue weighted by molar-refractivity contribution is 5.96. The Bertz CT molecular complexity index is 1340. The minimum atomic E-state index is -1.21. The zero-order chi connectivity index (χ0) is 37.9. The molecule has 1 aromatic rings. The van der Waals surface area contributed by atoms with Gasteiger partial charge in [-0.25, -0.2) is 0 Å². The second kappa shape index (κ2) is 22.5. The number of nitrogens with two attached hydrogens (primary N) is 3. The number of rotatable bonds is 18. The van der Waals surface area contributed by atoms with Crippen molar-refractivity contribution in [3.8, 4) is 5.75 Å². The van der Waals surface area contributed by atoms with E-state index in [1.165, 1.54) is 12.1 Å². The highest BCUT2D eigenvalue weighted by atomic mass is 16.4. The smallest absolute Gasteiger partial charge is 0.306 e. The second-order valence-corrected chi connectivity index (χ2v) is 13.6. The summed E-state index contributed by atoms with van der Waals surface area (Å²) in [6.45, 7) is 4.48. The number of nitrogens with one attached hydrogen (secondary N) is 4. The van der Waals surface area contributed by atoms with Gasteiger partial charge in [-0.05, 0) is 101 Å². The molecule has 284 valence electrons. The monoisotopic (exact) mass is 715 g/mol. The van der Waals surface area contributed by atoms with E-state index < -0.39 is 71.5 Å². The average Bonchev–Trinajstić information content (AvgIpc) is 3.08. The highest BCUT2D eigenvalue weighted by Gasteiger charge is 2.33. The number of aliphatic carboxylic acids is 1. The zero-order valence-electron chi connectivity index (χ0n) is 29.8. The van der Waals surface area contributed by atoms with Gasteiger partial charge in [0.2, 0.25) is 23.6 Å². The minimum absolute atomic E-state index is 0.00264. The number of carboxylic acids is 1. The van der Waals surface area contributed by atoms with Crippen LogP contribution >= 0.6 is 0 Å². The van der Waals surface area contributed by atoms with Crippen LogP contribution in [0.25, 0.3) is 0 Å². The predicted molar refractivity (Wildman–Crippen MR) is 192 cm³/mol. The molecule has 1 aromatic carbocycles. The van der Waals surface area contributed by atoms with Crippen LogP contribution in [0.1, 0.15) is 83.6 Å². The van der Waals surface area contributed by atoms with E-state index in [4.69, 9.17) is 17.2 Å². The summed E-state index contributed by atoms with van der Waals surface area (Å²) in [6, 6.07) is 0.658. The summed E-state index contributed by atoms with van der Waals surface area (Å²) in [5, 5.41) is 30.5. The molecule has 0 bridgehead atoms. The number of Topliss-reactive ketones (excluding diaryl/α,β-unsaturated/α-hetero) is 1. The first-order chi connectivity index (χ1) is 24.2. The summed E-state index contributed by atoms with van der Waals surface area (Å²) in [6.07, 6.45) is 5.90. The number of benzene rings is 1. The van der Waals surface area contributed by atoms with Gasteiger partial charge in [0.15, 0.2) is 5.78 Å². The Morgan fingerprint density at radius 1 is 0.843 bits per heavy atom. The Morgan fingerprint density at radius 3 is 1.94 bits per heavy atom. The molecule has 0 fully saturated rings. The Kier molecular flexibility index (Phi) is 18.9. The lowest BCUT2D eigenvalue weighted by Gasteiger charge is -2.27. The molecule has 1 aliphatic heterocycles. The lowest BCUT2D eigenvalue weighted by Crippen LogP contribution is -2.58. The van der Waals surface area contributed by atoms with Gasteiger partial charge in [0.25, 0.3) is 0 Å². The van der Waals surface area contributed by atoms with Crippen molar-refractivity contribution in [2.75, 3.05) is 13.1 Å². The van der Waals surface area contributed by atoms with Crippen molar-refractivity contribution in [2.45, 2.75) is 115 Å². The largest absolute Gasteiger partial charge is 0.508 e. The molecule has 0 radical (unpaired) electrons. The van der Waals surface area contributed by atoms with Crippen molar-refractivity contribution in [1.29, 1.82) is 0 Å². The van der Waals surface area contributed by atoms with Crippen molar-refractivity contribution in [3.05, 3.63) is 42.0 Å². The van der Waals surface area contributed by atoms with Crippen LogP contribution in [-0.4, -0.2) is 88.9 Å². The van der Waals surface area contributed by atoms with Crippen molar-refractivity contribution >= 4 is 35.4 Å². The van der Waals surface area contributed by atoms with E-state index >= 15 is 0 Å². The van der Waals surface area contributed by atoms with Crippen LogP contribution in [0.5, 0.6) is 5.75 Å². The zero-order valence-corrected chi connectivity index (χ0v) is 29.8. The first kappa shape index (κ1) is 42.8. The Balaban J connectivity index is 2.43.